The zero-order valence-electron chi connectivity index (χ0n) is 17.6. The molecule has 0 unspecified atom stereocenters. The lowest BCUT2D eigenvalue weighted by molar-refractivity contribution is -0.141. The smallest absolute Gasteiger partial charge is 0.433 e. The summed E-state index contributed by atoms with van der Waals surface area (Å²) in [5.74, 6) is -0.697. The van der Waals surface area contributed by atoms with Crippen molar-refractivity contribution < 1.29 is 31.5 Å². The van der Waals surface area contributed by atoms with E-state index in [0.717, 1.165) is 43.9 Å². The first-order chi connectivity index (χ1) is 15.6. The third kappa shape index (κ3) is 5.23. The third-order valence-electron chi connectivity index (χ3n) is 5.72. The van der Waals surface area contributed by atoms with E-state index in [1.165, 1.54) is 12.1 Å². The summed E-state index contributed by atoms with van der Waals surface area (Å²) in [6, 6.07) is 5.74. The number of benzene rings is 1. The van der Waals surface area contributed by atoms with Gasteiger partial charge in [0.15, 0.2) is 5.75 Å². The molecule has 1 aliphatic carbocycles. The van der Waals surface area contributed by atoms with E-state index in [-0.39, 0.29) is 17.5 Å². The Kier molecular flexibility index (Phi) is 6.22. The highest BCUT2D eigenvalue weighted by Crippen LogP contribution is 2.35. The van der Waals surface area contributed by atoms with Crippen molar-refractivity contribution in [1.29, 1.82) is 0 Å². The number of carbonyl (C=O) groups excluding carboxylic acids is 1. The highest BCUT2D eigenvalue weighted by molar-refractivity contribution is 6.05. The minimum atomic E-state index is -4.73. The highest BCUT2D eigenvalue weighted by Gasteiger charge is 2.33. The summed E-state index contributed by atoms with van der Waals surface area (Å²) in [6.07, 6.45) is 1.05. The number of amides is 1. The summed E-state index contributed by atoms with van der Waals surface area (Å²) < 4.78 is 71.0. The largest absolute Gasteiger partial charge is 0.433 e. The molecule has 1 saturated carbocycles. The summed E-state index contributed by atoms with van der Waals surface area (Å²) in [6.45, 7) is -0.982. The molecule has 1 amide bonds. The van der Waals surface area contributed by atoms with Crippen LogP contribution in [0.15, 0.2) is 36.5 Å². The molecule has 1 N–H and O–H groups in total. The van der Waals surface area contributed by atoms with Gasteiger partial charge in [-0.25, -0.2) is 4.98 Å². The first-order valence-corrected chi connectivity index (χ1v) is 10.4. The Labute approximate surface area is 185 Å². The number of nitrogens with zero attached hydrogens (tertiary/aromatic N) is 3. The average Bonchev–Trinajstić information content (AvgIpc) is 3.16. The maximum Gasteiger partial charge on any atom is 0.433 e. The van der Waals surface area contributed by atoms with Crippen LogP contribution in [0.1, 0.15) is 54.8 Å². The Morgan fingerprint density at radius 2 is 1.91 bits per heavy atom. The van der Waals surface area contributed by atoms with Gasteiger partial charge in [0.2, 0.25) is 0 Å². The summed E-state index contributed by atoms with van der Waals surface area (Å²) in [7, 11) is 0. The van der Waals surface area contributed by atoms with Crippen molar-refractivity contribution in [3.63, 3.8) is 0 Å². The van der Waals surface area contributed by atoms with E-state index in [1.54, 1.807) is 10.9 Å². The van der Waals surface area contributed by atoms with E-state index in [9.17, 15) is 26.7 Å². The second kappa shape index (κ2) is 8.95. The number of hydrogen-bond acceptors (Lipinski definition) is 4. The molecule has 11 heteroatoms. The van der Waals surface area contributed by atoms with Crippen molar-refractivity contribution in [2.24, 2.45) is 5.92 Å². The normalized spacial score (nSPS) is 19.1. The molecule has 1 fully saturated rings. The predicted octanol–water partition coefficient (Wildman–Crippen LogP) is 6.06. The van der Waals surface area contributed by atoms with Gasteiger partial charge in [-0.1, -0.05) is 13.0 Å². The lowest BCUT2D eigenvalue weighted by Gasteiger charge is -2.26. The van der Waals surface area contributed by atoms with Gasteiger partial charge in [0.05, 0.1) is 17.2 Å². The van der Waals surface area contributed by atoms with E-state index in [4.69, 9.17) is 0 Å². The molecule has 33 heavy (non-hydrogen) atoms. The molecule has 0 spiro atoms. The number of fused-ring (bicyclic) bond motifs is 1. The van der Waals surface area contributed by atoms with Crippen LogP contribution in [-0.4, -0.2) is 27.3 Å². The Morgan fingerprint density at radius 1 is 1.18 bits per heavy atom. The lowest BCUT2D eigenvalue weighted by atomic mass is 9.87. The zero-order valence-corrected chi connectivity index (χ0v) is 17.6. The molecule has 0 aliphatic heterocycles. The molecule has 1 aromatic carbocycles. The first kappa shape index (κ1) is 22.9. The average molecular weight is 468 g/mol. The molecule has 3 aromatic rings. The van der Waals surface area contributed by atoms with Crippen molar-refractivity contribution >= 4 is 22.5 Å². The molecule has 4 rings (SSSR count). The number of aromatic nitrogens is 3. The number of anilines is 1. The summed E-state index contributed by atoms with van der Waals surface area (Å²) >= 11 is 0. The molecular formula is C22H21F5N4O2. The van der Waals surface area contributed by atoms with Gasteiger partial charge in [0.25, 0.3) is 5.91 Å². The van der Waals surface area contributed by atoms with Gasteiger partial charge in [-0.2, -0.15) is 27.1 Å². The van der Waals surface area contributed by atoms with Crippen molar-refractivity contribution in [3.05, 3.63) is 47.9 Å². The van der Waals surface area contributed by atoms with Crippen LogP contribution in [0.5, 0.6) is 5.75 Å². The monoisotopic (exact) mass is 468 g/mol. The molecule has 176 valence electrons. The van der Waals surface area contributed by atoms with Gasteiger partial charge >= 0.3 is 12.8 Å². The van der Waals surface area contributed by atoms with Gasteiger partial charge < -0.3 is 10.1 Å². The quantitative estimate of drug-likeness (QED) is 0.463. The number of carbonyl (C=O) groups is 1. The minimum Gasteiger partial charge on any atom is -0.433 e. The zero-order chi connectivity index (χ0) is 23.8. The SMILES string of the molecule is C[C@H]1CC[C@H](n2cc3cc(NC(=O)c4cccc(C(F)(F)F)n4)c(OC(F)F)cc3n2)CC1. The number of hydrogen-bond donors (Lipinski definition) is 1. The maximum atomic E-state index is 13.0. The standard InChI is InChI=1S/C22H21F5N4O2/c1-12-5-7-14(8-6-12)31-11-13-9-17(18(33-21(23)24)10-16(13)30-31)29-20(32)15-3-2-4-19(28-15)22(25,26)27/h2-4,9-12,14,21H,5-8H2,1H3,(H,29,32)/t12-,14-. The molecule has 0 saturated heterocycles. The van der Waals surface area contributed by atoms with Crippen molar-refractivity contribution in [1.82, 2.24) is 14.8 Å². The van der Waals surface area contributed by atoms with Crippen LogP contribution in [0.25, 0.3) is 10.9 Å². The Balaban J connectivity index is 1.64. The summed E-state index contributed by atoms with van der Waals surface area (Å²) in [5.41, 5.74) is -1.47. The molecule has 0 radical (unpaired) electrons. The van der Waals surface area contributed by atoms with Gasteiger partial charge in [-0.15, -0.1) is 0 Å². The molecule has 2 heterocycles. The number of ether oxygens (including phenoxy) is 1. The molecule has 2 aromatic heterocycles. The number of pyridine rings is 1. The van der Waals surface area contributed by atoms with Gasteiger partial charge in [-0.05, 0) is 49.8 Å². The van der Waals surface area contributed by atoms with E-state index < -0.39 is 30.1 Å². The summed E-state index contributed by atoms with van der Waals surface area (Å²) in [5, 5.41) is 7.39. The second-order valence-electron chi connectivity index (χ2n) is 8.17. The topological polar surface area (TPSA) is 69.0 Å². The lowest BCUT2D eigenvalue weighted by Crippen LogP contribution is -2.18. The van der Waals surface area contributed by atoms with Crippen LogP contribution in [0.4, 0.5) is 27.6 Å². The van der Waals surface area contributed by atoms with Gasteiger partial charge in [-0.3, -0.25) is 9.48 Å². The number of alkyl halides is 5. The molecule has 0 atom stereocenters. The first-order valence-electron chi connectivity index (χ1n) is 10.4. The molecule has 0 bridgehead atoms. The second-order valence-corrected chi connectivity index (χ2v) is 8.17. The van der Waals surface area contributed by atoms with Crippen LogP contribution in [0, 0.1) is 5.92 Å². The number of nitrogens with one attached hydrogen (secondary N) is 1. The van der Waals surface area contributed by atoms with Crippen LogP contribution in [0.2, 0.25) is 0 Å². The van der Waals surface area contributed by atoms with Crippen LogP contribution in [0.3, 0.4) is 0 Å². The Morgan fingerprint density at radius 3 is 2.58 bits per heavy atom. The Hall–Kier alpha value is -3.24. The maximum absolute atomic E-state index is 13.0. The molecular weight excluding hydrogens is 447 g/mol. The molecule has 1 aliphatic rings. The van der Waals surface area contributed by atoms with E-state index in [1.807, 2.05) is 0 Å². The fourth-order valence-electron chi connectivity index (χ4n) is 3.96. The third-order valence-corrected chi connectivity index (χ3v) is 5.72. The number of halogens is 5. The highest BCUT2D eigenvalue weighted by atomic mass is 19.4. The molecule has 6 nitrogen and oxygen atoms in total. The van der Waals surface area contributed by atoms with Crippen molar-refractivity contribution in [2.75, 3.05) is 5.32 Å². The predicted molar refractivity (Wildman–Crippen MR) is 110 cm³/mol. The van der Waals surface area contributed by atoms with Crippen LogP contribution < -0.4 is 10.1 Å². The number of rotatable bonds is 5. The van der Waals surface area contributed by atoms with Crippen molar-refractivity contribution in [2.45, 2.75) is 51.4 Å². The summed E-state index contributed by atoms with van der Waals surface area (Å²) in [4.78, 5) is 15.9. The van der Waals surface area contributed by atoms with E-state index >= 15 is 0 Å². The fraction of sp³-hybridized carbons (Fsp3) is 0.409. The van der Waals surface area contributed by atoms with Gasteiger partial charge in [0, 0.05) is 17.6 Å². The van der Waals surface area contributed by atoms with Crippen LogP contribution >= 0.6 is 0 Å². The fourth-order valence-corrected chi connectivity index (χ4v) is 3.96. The van der Waals surface area contributed by atoms with E-state index in [2.05, 4.69) is 27.1 Å². The van der Waals surface area contributed by atoms with E-state index in [0.29, 0.717) is 16.8 Å². The van der Waals surface area contributed by atoms with Gasteiger partial charge in [0.1, 0.15) is 11.4 Å². The minimum absolute atomic E-state index is 0.121. The van der Waals surface area contributed by atoms with Crippen LogP contribution in [-0.2, 0) is 6.18 Å². The Bertz CT molecular complexity index is 1150. The van der Waals surface area contributed by atoms with Crippen molar-refractivity contribution in [3.8, 4) is 5.75 Å².